The first-order chi connectivity index (χ1) is 18.9. The summed E-state index contributed by atoms with van der Waals surface area (Å²) in [5, 5.41) is 0. The quantitative estimate of drug-likeness (QED) is 0.294. The fraction of sp³-hybridized carbons (Fsp3) is 0.172. The molecule has 0 radical (unpaired) electrons. The average molecular weight is 606 g/mol. The summed E-state index contributed by atoms with van der Waals surface area (Å²) in [6.45, 7) is 2.03. The first-order valence-electron chi connectivity index (χ1n) is 12.0. The van der Waals surface area contributed by atoms with E-state index in [0.717, 1.165) is 16.8 Å². The highest BCUT2D eigenvalue weighted by molar-refractivity contribution is 9.10. The van der Waals surface area contributed by atoms with Crippen molar-refractivity contribution in [3.63, 3.8) is 0 Å². The van der Waals surface area contributed by atoms with Crippen LogP contribution in [0.1, 0.15) is 29.8 Å². The van der Waals surface area contributed by atoms with Crippen LogP contribution in [0.25, 0.3) is 6.08 Å². The molecule has 3 heterocycles. The third-order valence-electron chi connectivity index (χ3n) is 6.18. The molecule has 8 nitrogen and oxygen atoms in total. The molecule has 0 spiro atoms. The largest absolute Gasteiger partial charge is 0.493 e. The van der Waals surface area contributed by atoms with Gasteiger partial charge in [0, 0.05) is 6.20 Å². The highest BCUT2D eigenvalue weighted by atomic mass is 79.9. The SMILES string of the molecule is COC(=O)C1=C(C)N=c2sc(=Cc3cc(Br)c(OCc4ccccn4)c(OC)c3)c(=O)n2C1c1ccccc1. The molecule has 0 bridgehead atoms. The number of esters is 1. The van der Waals surface area contributed by atoms with E-state index < -0.39 is 12.0 Å². The van der Waals surface area contributed by atoms with E-state index in [2.05, 4.69) is 25.9 Å². The molecule has 0 amide bonds. The van der Waals surface area contributed by atoms with E-state index in [1.165, 1.54) is 18.4 Å². The van der Waals surface area contributed by atoms with Gasteiger partial charge in [-0.15, -0.1) is 0 Å². The number of aromatic nitrogens is 2. The van der Waals surface area contributed by atoms with Gasteiger partial charge in [0.1, 0.15) is 6.61 Å². The summed E-state index contributed by atoms with van der Waals surface area (Å²) >= 11 is 4.84. The molecule has 198 valence electrons. The Labute approximate surface area is 236 Å². The maximum absolute atomic E-state index is 13.8. The van der Waals surface area contributed by atoms with E-state index in [4.69, 9.17) is 14.2 Å². The number of ether oxygens (including phenoxy) is 3. The van der Waals surface area contributed by atoms with E-state index in [1.807, 2.05) is 54.6 Å². The molecule has 0 saturated heterocycles. The summed E-state index contributed by atoms with van der Waals surface area (Å²) in [7, 11) is 2.88. The van der Waals surface area contributed by atoms with Crippen molar-refractivity contribution in [2.75, 3.05) is 14.2 Å². The lowest BCUT2D eigenvalue weighted by atomic mass is 9.96. The summed E-state index contributed by atoms with van der Waals surface area (Å²) in [6.07, 6.45) is 3.49. The van der Waals surface area contributed by atoms with Crippen molar-refractivity contribution in [3.8, 4) is 11.5 Å². The van der Waals surface area contributed by atoms with E-state index in [1.54, 1.807) is 36.9 Å². The number of halogens is 1. The minimum Gasteiger partial charge on any atom is -0.493 e. The van der Waals surface area contributed by atoms with Crippen LogP contribution >= 0.6 is 27.3 Å². The number of carbonyl (C=O) groups excluding carboxylic acids is 1. The van der Waals surface area contributed by atoms with E-state index >= 15 is 0 Å². The normalized spacial score (nSPS) is 15.0. The van der Waals surface area contributed by atoms with Crippen molar-refractivity contribution < 1.29 is 19.0 Å². The van der Waals surface area contributed by atoms with Gasteiger partial charge in [-0.2, -0.15) is 0 Å². The summed E-state index contributed by atoms with van der Waals surface area (Å²) in [4.78, 5) is 35.9. The molecule has 0 aliphatic carbocycles. The number of hydrogen-bond acceptors (Lipinski definition) is 8. The summed E-state index contributed by atoms with van der Waals surface area (Å²) in [5.41, 5.74) is 2.90. The van der Waals surface area contributed by atoms with Crippen molar-refractivity contribution in [1.29, 1.82) is 0 Å². The predicted molar refractivity (Wildman–Crippen MR) is 151 cm³/mol. The molecular weight excluding hydrogens is 582 g/mol. The predicted octanol–water partition coefficient (Wildman–Crippen LogP) is 4.15. The maximum atomic E-state index is 13.8. The Kier molecular flexibility index (Phi) is 7.76. The first-order valence-corrected chi connectivity index (χ1v) is 13.6. The Morgan fingerprint density at radius 1 is 1.13 bits per heavy atom. The van der Waals surface area contributed by atoms with Gasteiger partial charge in [0.05, 0.1) is 46.2 Å². The van der Waals surface area contributed by atoms with Crippen LogP contribution < -0.4 is 24.4 Å². The second-order valence-corrected chi connectivity index (χ2v) is 10.5. The van der Waals surface area contributed by atoms with Crippen molar-refractivity contribution in [2.45, 2.75) is 19.6 Å². The standard InChI is InChI=1S/C29H24BrN3O5S/c1-17-24(28(35)37-3)25(19-9-5-4-6-10-19)33-27(34)23(39-29(33)32-17)15-18-13-21(30)26(22(14-18)36-2)38-16-20-11-7-8-12-31-20/h4-15,25H,16H2,1-3H3. The number of methoxy groups -OCH3 is 2. The Hall–Kier alpha value is -4.02. The topological polar surface area (TPSA) is 92.0 Å². The van der Waals surface area contributed by atoms with Gasteiger partial charge in [-0.05, 0) is 64.3 Å². The highest BCUT2D eigenvalue weighted by Crippen LogP contribution is 2.37. The molecule has 5 rings (SSSR count). The lowest BCUT2D eigenvalue weighted by molar-refractivity contribution is -0.136. The van der Waals surface area contributed by atoms with Crippen LogP contribution in [0.15, 0.2) is 92.4 Å². The zero-order chi connectivity index (χ0) is 27.5. The van der Waals surface area contributed by atoms with Crippen LogP contribution in [0.4, 0.5) is 0 Å². The number of allylic oxidation sites excluding steroid dienone is 1. The van der Waals surface area contributed by atoms with Crippen LogP contribution in [0, 0.1) is 0 Å². The smallest absolute Gasteiger partial charge is 0.338 e. The monoisotopic (exact) mass is 605 g/mol. The van der Waals surface area contributed by atoms with E-state index in [9.17, 15) is 9.59 Å². The molecule has 2 aromatic heterocycles. The Bertz CT molecular complexity index is 1750. The molecule has 2 aromatic carbocycles. The van der Waals surface area contributed by atoms with Crippen LogP contribution in [0.5, 0.6) is 11.5 Å². The molecule has 1 aliphatic heterocycles. The maximum Gasteiger partial charge on any atom is 0.338 e. The first kappa shape index (κ1) is 26.6. The van der Waals surface area contributed by atoms with Crippen LogP contribution in [-0.2, 0) is 16.1 Å². The number of fused-ring (bicyclic) bond motifs is 1. The van der Waals surface area contributed by atoms with Crippen LogP contribution in [0.2, 0.25) is 0 Å². The van der Waals surface area contributed by atoms with Crippen LogP contribution in [-0.4, -0.2) is 29.7 Å². The number of hydrogen-bond donors (Lipinski definition) is 0. The summed E-state index contributed by atoms with van der Waals surface area (Å²) in [5.74, 6) is 0.517. The molecule has 1 unspecified atom stereocenters. The van der Waals surface area contributed by atoms with Gasteiger partial charge < -0.3 is 14.2 Å². The third-order valence-corrected chi connectivity index (χ3v) is 7.75. The van der Waals surface area contributed by atoms with Gasteiger partial charge in [-0.1, -0.05) is 47.7 Å². The third kappa shape index (κ3) is 5.30. The van der Waals surface area contributed by atoms with E-state index in [-0.39, 0.29) is 12.2 Å². The minimum absolute atomic E-state index is 0.257. The molecule has 0 N–H and O–H groups in total. The van der Waals surface area contributed by atoms with Gasteiger partial charge in [-0.3, -0.25) is 14.3 Å². The molecule has 10 heteroatoms. The summed E-state index contributed by atoms with van der Waals surface area (Å²) < 4.78 is 19.3. The second kappa shape index (κ2) is 11.4. The summed E-state index contributed by atoms with van der Waals surface area (Å²) in [6, 6.07) is 18.0. The fourth-order valence-corrected chi connectivity index (χ4v) is 6.01. The minimum atomic E-state index is -0.652. The number of pyridine rings is 1. The fourth-order valence-electron chi connectivity index (χ4n) is 4.39. The lowest BCUT2D eigenvalue weighted by Crippen LogP contribution is -2.39. The number of rotatable bonds is 7. The zero-order valence-corrected chi connectivity index (χ0v) is 23.8. The van der Waals surface area contributed by atoms with Crippen molar-refractivity contribution in [2.24, 2.45) is 4.99 Å². The Morgan fingerprint density at radius 2 is 1.90 bits per heavy atom. The van der Waals surface area contributed by atoms with E-state index in [0.29, 0.717) is 36.6 Å². The lowest BCUT2D eigenvalue weighted by Gasteiger charge is -2.24. The number of thiazole rings is 1. The van der Waals surface area contributed by atoms with Crippen molar-refractivity contribution in [1.82, 2.24) is 9.55 Å². The number of benzene rings is 2. The molecule has 4 aromatic rings. The Morgan fingerprint density at radius 3 is 2.59 bits per heavy atom. The van der Waals surface area contributed by atoms with Gasteiger partial charge in [-0.25, -0.2) is 9.79 Å². The van der Waals surface area contributed by atoms with Gasteiger partial charge >= 0.3 is 5.97 Å². The number of carbonyl (C=O) groups is 1. The second-order valence-electron chi connectivity index (χ2n) is 8.63. The zero-order valence-electron chi connectivity index (χ0n) is 21.4. The molecule has 0 saturated carbocycles. The highest BCUT2D eigenvalue weighted by Gasteiger charge is 2.32. The average Bonchev–Trinajstić information content (AvgIpc) is 3.25. The van der Waals surface area contributed by atoms with Gasteiger partial charge in [0.2, 0.25) is 0 Å². The molecule has 1 aliphatic rings. The Balaban J connectivity index is 1.58. The van der Waals surface area contributed by atoms with Crippen LogP contribution in [0.3, 0.4) is 0 Å². The van der Waals surface area contributed by atoms with Crippen molar-refractivity contribution in [3.05, 3.63) is 119 Å². The molecular formula is C29H24BrN3O5S. The van der Waals surface area contributed by atoms with Crippen molar-refractivity contribution >= 4 is 39.3 Å². The molecule has 39 heavy (non-hydrogen) atoms. The van der Waals surface area contributed by atoms with Gasteiger partial charge in [0.25, 0.3) is 5.56 Å². The number of nitrogens with zero attached hydrogens (tertiary/aromatic N) is 3. The van der Waals surface area contributed by atoms with Gasteiger partial charge in [0.15, 0.2) is 16.3 Å². The molecule has 0 fully saturated rings. The molecule has 1 atom stereocenters.